The summed E-state index contributed by atoms with van der Waals surface area (Å²) in [6, 6.07) is 12.1. The zero-order valence-electron chi connectivity index (χ0n) is 27.0. The van der Waals surface area contributed by atoms with Crippen molar-refractivity contribution in [2.24, 2.45) is 28.2 Å². The van der Waals surface area contributed by atoms with Gasteiger partial charge in [-0.25, -0.2) is 9.97 Å². The Kier molecular flexibility index (Phi) is 8.62. The molecule has 10 rings (SSSR count). The van der Waals surface area contributed by atoms with Gasteiger partial charge in [0.15, 0.2) is 0 Å². The third kappa shape index (κ3) is 5.30. The van der Waals surface area contributed by atoms with Gasteiger partial charge in [0.2, 0.25) is 0 Å². The van der Waals surface area contributed by atoms with Crippen LogP contribution in [-0.4, -0.2) is 38.2 Å². The van der Waals surface area contributed by atoms with Crippen molar-refractivity contribution in [1.82, 2.24) is 48.2 Å². The average Bonchev–Trinajstić information content (AvgIpc) is 3.91. The molecule has 252 valence electrons. The number of imidazole rings is 4. The Bertz CT molecular complexity index is 2570. The molecular weight excluding hydrogens is 995 g/mol. The van der Waals surface area contributed by atoms with Gasteiger partial charge in [-0.15, -0.1) is 23.4 Å². The molecule has 0 unspecified atom stereocenters. The van der Waals surface area contributed by atoms with E-state index in [1.807, 2.05) is 95.3 Å². The number of hydrogen-bond acceptors (Lipinski definition) is 6. The Morgan fingerprint density at radius 1 is 0.580 bits per heavy atom. The second-order valence-corrected chi connectivity index (χ2v) is 11.7. The van der Waals surface area contributed by atoms with E-state index in [1.54, 1.807) is 37.6 Å². The van der Waals surface area contributed by atoms with Gasteiger partial charge in [-0.3, -0.25) is 0 Å². The number of hydrogen-bond donors (Lipinski definition) is 0. The van der Waals surface area contributed by atoms with E-state index in [0.717, 1.165) is 89.3 Å². The van der Waals surface area contributed by atoms with E-state index in [2.05, 4.69) is 32.3 Å². The fraction of sp³-hybridized carbons (Fsp3) is 0.111. The van der Waals surface area contributed by atoms with Crippen LogP contribution in [0.3, 0.4) is 0 Å². The molecule has 8 heterocycles. The predicted molar refractivity (Wildman–Crippen MR) is 181 cm³/mol. The number of aryl methyl sites for hydroxylation is 4. The molecule has 12 nitrogen and oxygen atoms in total. The van der Waals surface area contributed by atoms with Crippen molar-refractivity contribution in [2.75, 3.05) is 0 Å². The van der Waals surface area contributed by atoms with E-state index in [0.29, 0.717) is 0 Å². The SMILES string of the molecule is Cn1cnc(-c2coc3c2[n-]c2c(-c4n[c-]cn4C)cccc23)c1.Cn1cnc(-c2coc3c2[n-]c2c(-c4n[c-]cn4C)cccc23)c1.[Pt+2].[Pt+2]. The smallest absolute Gasteiger partial charge is 0.654 e. The molecule has 14 heteroatoms. The van der Waals surface area contributed by atoms with Crippen LogP contribution in [-0.2, 0) is 70.3 Å². The van der Waals surface area contributed by atoms with Crippen molar-refractivity contribution < 1.29 is 51.0 Å². The van der Waals surface area contributed by atoms with Gasteiger partial charge in [-0.2, -0.15) is 0 Å². The minimum absolute atomic E-state index is 0. The van der Waals surface area contributed by atoms with Crippen molar-refractivity contribution in [2.45, 2.75) is 0 Å². The molecule has 0 spiro atoms. The van der Waals surface area contributed by atoms with E-state index in [4.69, 9.17) is 18.8 Å². The van der Waals surface area contributed by atoms with Crippen LogP contribution in [0.5, 0.6) is 0 Å². The summed E-state index contributed by atoms with van der Waals surface area (Å²) >= 11 is 0. The van der Waals surface area contributed by atoms with Gasteiger partial charge in [0.05, 0.1) is 36.6 Å². The molecule has 0 aliphatic heterocycles. The zero-order valence-corrected chi connectivity index (χ0v) is 31.5. The Hall–Kier alpha value is -5.18. The Labute approximate surface area is 313 Å². The van der Waals surface area contributed by atoms with Crippen molar-refractivity contribution in [3.05, 3.63) is 98.8 Å². The van der Waals surface area contributed by atoms with Crippen molar-refractivity contribution in [1.29, 1.82) is 0 Å². The number of nitrogens with zero attached hydrogens (tertiary/aromatic N) is 10. The number of furan rings is 2. The molecule has 0 aliphatic rings. The summed E-state index contributed by atoms with van der Waals surface area (Å²) < 4.78 is 19.3. The third-order valence-corrected chi connectivity index (χ3v) is 8.49. The molecule has 0 fully saturated rings. The standard InChI is InChI=1S/2C18H13N5O.2Pt/c2*1-22-8-14(20-10-22)13-9-24-17-11-4-3-5-12(15(11)21-16(13)17)18-19-6-7-23(18)2;;/h2*3-5,7-10H,1-2H3;;/q2*-2;2*+2. The van der Waals surface area contributed by atoms with Gasteiger partial charge in [-0.05, 0) is 25.7 Å². The molecule has 0 saturated heterocycles. The van der Waals surface area contributed by atoms with Gasteiger partial charge < -0.3 is 47.0 Å². The van der Waals surface area contributed by atoms with Crippen molar-refractivity contribution in [3.63, 3.8) is 0 Å². The third-order valence-electron chi connectivity index (χ3n) is 8.49. The summed E-state index contributed by atoms with van der Waals surface area (Å²) in [7, 11) is 7.78. The maximum atomic E-state index is 5.82. The number of para-hydroxylation sites is 2. The second kappa shape index (κ2) is 12.9. The quantitative estimate of drug-likeness (QED) is 0.189. The van der Waals surface area contributed by atoms with Gasteiger partial charge >= 0.3 is 42.1 Å². The van der Waals surface area contributed by atoms with Crippen LogP contribution in [0.2, 0.25) is 0 Å². The van der Waals surface area contributed by atoms with Crippen LogP contribution in [0.4, 0.5) is 0 Å². The molecule has 0 amide bonds. The molecule has 10 aromatic rings. The maximum Gasteiger partial charge on any atom is 2.00 e. The van der Waals surface area contributed by atoms with Crippen LogP contribution < -0.4 is 9.97 Å². The number of fused-ring (bicyclic) bond motifs is 6. The minimum atomic E-state index is 0. The van der Waals surface area contributed by atoms with E-state index < -0.39 is 0 Å². The Balaban J connectivity index is 0.000000151. The van der Waals surface area contributed by atoms with Crippen molar-refractivity contribution in [3.8, 4) is 45.3 Å². The molecule has 0 radical (unpaired) electrons. The van der Waals surface area contributed by atoms with Gasteiger partial charge in [0.25, 0.3) is 0 Å². The molecule has 0 N–H and O–H groups in total. The summed E-state index contributed by atoms with van der Waals surface area (Å²) in [6.07, 6.45) is 20.3. The largest absolute Gasteiger partial charge is 2.00 e. The molecule has 2 aromatic carbocycles. The average molecular weight is 1020 g/mol. The van der Waals surface area contributed by atoms with Gasteiger partial charge in [0, 0.05) is 48.4 Å². The molecule has 0 saturated carbocycles. The summed E-state index contributed by atoms with van der Waals surface area (Å²) in [5, 5.41) is 1.96. The topological polar surface area (TPSA) is 126 Å². The molecule has 0 bridgehead atoms. The molecular formula is C36H26N10O2Pt2. The molecule has 8 aromatic heterocycles. The summed E-state index contributed by atoms with van der Waals surface area (Å²) in [4.78, 5) is 27.2. The van der Waals surface area contributed by atoms with Crippen LogP contribution in [0.1, 0.15) is 0 Å². The van der Waals surface area contributed by atoms with Crippen LogP contribution >= 0.6 is 0 Å². The Morgan fingerprint density at radius 3 is 1.38 bits per heavy atom. The van der Waals surface area contributed by atoms with Gasteiger partial charge in [0.1, 0.15) is 11.2 Å². The number of rotatable bonds is 4. The minimum Gasteiger partial charge on any atom is -0.654 e. The first-order valence-corrected chi connectivity index (χ1v) is 15.1. The predicted octanol–water partition coefficient (Wildman–Crippen LogP) is 6.28. The maximum absolute atomic E-state index is 5.82. The second-order valence-electron chi connectivity index (χ2n) is 11.7. The van der Waals surface area contributed by atoms with Crippen molar-refractivity contribution >= 4 is 44.0 Å². The van der Waals surface area contributed by atoms with E-state index in [9.17, 15) is 0 Å². The summed E-state index contributed by atoms with van der Waals surface area (Å²) in [5.41, 5.74) is 10.4. The fourth-order valence-electron chi connectivity index (χ4n) is 6.19. The number of aromatic nitrogens is 10. The van der Waals surface area contributed by atoms with E-state index >= 15 is 0 Å². The number of benzene rings is 2. The van der Waals surface area contributed by atoms with Crippen LogP contribution in [0, 0.1) is 12.4 Å². The van der Waals surface area contributed by atoms with E-state index in [1.165, 1.54) is 0 Å². The fourth-order valence-corrected chi connectivity index (χ4v) is 6.19. The molecule has 50 heavy (non-hydrogen) atoms. The molecule has 0 atom stereocenters. The summed E-state index contributed by atoms with van der Waals surface area (Å²) in [5.74, 6) is 1.67. The first-order valence-electron chi connectivity index (χ1n) is 15.1. The first kappa shape index (κ1) is 33.3. The monoisotopic (exact) mass is 1020 g/mol. The molecule has 0 aliphatic carbocycles. The zero-order chi connectivity index (χ0) is 32.5. The van der Waals surface area contributed by atoms with Gasteiger partial charge in [-0.1, -0.05) is 71.0 Å². The Morgan fingerprint density at radius 2 is 1.02 bits per heavy atom. The first-order chi connectivity index (χ1) is 23.4. The van der Waals surface area contributed by atoms with Crippen LogP contribution in [0.25, 0.3) is 89.3 Å². The van der Waals surface area contributed by atoms with E-state index in [-0.39, 0.29) is 42.1 Å². The van der Waals surface area contributed by atoms with Crippen LogP contribution in [0.15, 0.2) is 95.2 Å². The summed E-state index contributed by atoms with van der Waals surface area (Å²) in [6.45, 7) is 0. The normalized spacial score (nSPS) is 11.3.